The summed E-state index contributed by atoms with van der Waals surface area (Å²) in [6, 6.07) is 5.64. The minimum Gasteiger partial charge on any atom is -0.385 e. The Morgan fingerprint density at radius 1 is 1.40 bits per heavy atom. The Morgan fingerprint density at radius 2 is 2.16 bits per heavy atom. The molecule has 0 spiro atoms. The monoisotopic (exact) mass is 362 g/mol. The predicted molar refractivity (Wildman–Crippen MR) is 101 cm³/mol. The fourth-order valence-corrected chi connectivity index (χ4v) is 2.97. The van der Waals surface area contributed by atoms with E-state index in [1.54, 1.807) is 6.07 Å². The highest BCUT2D eigenvalue weighted by Gasteiger charge is 2.18. The zero-order chi connectivity index (χ0) is 18.4. The lowest BCUT2D eigenvalue weighted by Gasteiger charge is -2.15. The van der Waals surface area contributed by atoms with Gasteiger partial charge in [-0.25, -0.2) is 4.98 Å². The van der Waals surface area contributed by atoms with Gasteiger partial charge in [0.25, 0.3) is 5.91 Å². The van der Waals surface area contributed by atoms with E-state index in [4.69, 9.17) is 0 Å². The zero-order valence-corrected chi connectivity index (χ0v) is 15.4. The summed E-state index contributed by atoms with van der Waals surface area (Å²) in [4.78, 5) is 26.6. The maximum Gasteiger partial charge on any atom is 0.345 e. The van der Waals surface area contributed by atoms with E-state index in [9.17, 15) is 14.9 Å². The van der Waals surface area contributed by atoms with Gasteiger partial charge in [-0.3, -0.25) is 20.2 Å². The summed E-state index contributed by atoms with van der Waals surface area (Å²) < 4.78 is 0. The molecule has 25 heavy (non-hydrogen) atoms. The molecule has 0 bridgehead atoms. The Morgan fingerprint density at radius 3 is 2.76 bits per heavy atom. The number of anilines is 2. The Labute approximate surface area is 150 Å². The smallest absolute Gasteiger partial charge is 0.345 e. The number of carbonyl (C=O) groups excluding carboxylic acids is 1. The van der Waals surface area contributed by atoms with Crippen molar-refractivity contribution in [3.8, 4) is 0 Å². The van der Waals surface area contributed by atoms with Crippen LogP contribution in [0.5, 0.6) is 0 Å². The third kappa shape index (κ3) is 4.99. The topological polar surface area (TPSA) is 97.2 Å². The molecule has 0 aliphatic carbocycles. The van der Waals surface area contributed by atoms with Crippen LogP contribution in [0.4, 0.5) is 15.8 Å². The Bertz CT molecular complexity index is 758. The van der Waals surface area contributed by atoms with Crippen molar-refractivity contribution in [3.63, 3.8) is 0 Å². The minimum absolute atomic E-state index is 0.102. The molecular weight excluding hydrogens is 340 g/mol. The number of thiazole rings is 1. The first-order valence-corrected chi connectivity index (χ1v) is 9.03. The van der Waals surface area contributed by atoms with Crippen LogP contribution < -0.4 is 10.6 Å². The Kier molecular flexibility index (Phi) is 6.46. The summed E-state index contributed by atoms with van der Waals surface area (Å²) in [5.41, 5.74) is 2.46. The highest BCUT2D eigenvalue weighted by atomic mass is 32.1. The molecule has 0 aliphatic heterocycles. The van der Waals surface area contributed by atoms with Crippen molar-refractivity contribution >= 4 is 33.1 Å². The van der Waals surface area contributed by atoms with Crippen molar-refractivity contribution in [2.45, 2.75) is 39.5 Å². The van der Waals surface area contributed by atoms with Gasteiger partial charge >= 0.3 is 5.00 Å². The van der Waals surface area contributed by atoms with Crippen LogP contribution in [0.3, 0.4) is 0 Å². The lowest BCUT2D eigenvalue weighted by Crippen LogP contribution is -2.15. The third-order valence-electron chi connectivity index (χ3n) is 3.67. The highest BCUT2D eigenvalue weighted by Crippen LogP contribution is 2.28. The normalized spacial score (nSPS) is 10.7. The van der Waals surface area contributed by atoms with Crippen LogP contribution in [-0.4, -0.2) is 22.4 Å². The molecular formula is C17H22N4O3S. The van der Waals surface area contributed by atoms with E-state index in [2.05, 4.69) is 22.5 Å². The fraction of sp³-hybridized carbons (Fsp3) is 0.412. The SMILES string of the molecule is CCCCNc1ccc(C(=O)Nc2ncc([N+](=O)[O-])s2)c(C(C)C)c1. The second-order valence-electron chi connectivity index (χ2n) is 5.95. The van der Waals surface area contributed by atoms with Gasteiger partial charge in [-0.05, 0) is 47.4 Å². The van der Waals surface area contributed by atoms with Crippen LogP contribution in [0.15, 0.2) is 24.4 Å². The molecule has 0 fully saturated rings. The lowest BCUT2D eigenvalue weighted by molar-refractivity contribution is -0.380. The summed E-state index contributed by atoms with van der Waals surface area (Å²) in [7, 11) is 0. The number of unbranched alkanes of at least 4 members (excludes halogenated alkanes) is 1. The van der Waals surface area contributed by atoms with Crippen molar-refractivity contribution in [3.05, 3.63) is 45.6 Å². The van der Waals surface area contributed by atoms with Gasteiger partial charge < -0.3 is 5.32 Å². The Balaban J connectivity index is 2.18. The molecule has 0 atom stereocenters. The summed E-state index contributed by atoms with van der Waals surface area (Å²) >= 11 is 0.840. The second-order valence-corrected chi connectivity index (χ2v) is 6.96. The number of nitrogens with zero attached hydrogens (tertiary/aromatic N) is 2. The molecule has 134 valence electrons. The molecule has 1 aromatic carbocycles. The van der Waals surface area contributed by atoms with Crippen molar-refractivity contribution in [1.82, 2.24) is 4.98 Å². The molecule has 7 nitrogen and oxygen atoms in total. The molecule has 2 rings (SSSR count). The number of hydrogen-bond acceptors (Lipinski definition) is 6. The molecule has 0 unspecified atom stereocenters. The summed E-state index contributed by atoms with van der Waals surface area (Å²) in [6.45, 7) is 7.08. The van der Waals surface area contributed by atoms with E-state index in [0.717, 1.165) is 48.2 Å². The number of aromatic nitrogens is 1. The molecule has 2 N–H and O–H groups in total. The lowest BCUT2D eigenvalue weighted by atomic mass is 9.96. The largest absolute Gasteiger partial charge is 0.385 e. The first kappa shape index (κ1) is 18.9. The minimum atomic E-state index is -0.524. The van der Waals surface area contributed by atoms with Gasteiger partial charge in [0.05, 0.1) is 4.92 Å². The van der Waals surface area contributed by atoms with Crippen molar-refractivity contribution < 1.29 is 9.72 Å². The molecule has 0 saturated carbocycles. The second kappa shape index (κ2) is 8.57. The van der Waals surface area contributed by atoms with E-state index in [1.807, 2.05) is 26.0 Å². The van der Waals surface area contributed by atoms with Crippen LogP contribution in [0, 0.1) is 10.1 Å². The van der Waals surface area contributed by atoms with Gasteiger partial charge in [0, 0.05) is 17.8 Å². The average Bonchev–Trinajstić information content (AvgIpc) is 3.03. The molecule has 1 aromatic heterocycles. The van der Waals surface area contributed by atoms with Crippen LogP contribution in [-0.2, 0) is 0 Å². The first-order chi connectivity index (χ1) is 11.9. The number of carbonyl (C=O) groups is 1. The maximum absolute atomic E-state index is 12.6. The number of nitro groups is 1. The van der Waals surface area contributed by atoms with Crippen LogP contribution in [0.25, 0.3) is 0 Å². The van der Waals surface area contributed by atoms with Crippen molar-refractivity contribution in [1.29, 1.82) is 0 Å². The average molecular weight is 362 g/mol. The van der Waals surface area contributed by atoms with Crippen molar-refractivity contribution in [2.24, 2.45) is 0 Å². The van der Waals surface area contributed by atoms with Gasteiger partial charge in [-0.1, -0.05) is 27.2 Å². The van der Waals surface area contributed by atoms with Gasteiger partial charge in [0.2, 0.25) is 0 Å². The molecule has 2 aromatic rings. The van der Waals surface area contributed by atoms with Crippen LogP contribution in [0.2, 0.25) is 0 Å². The van der Waals surface area contributed by atoms with E-state index in [-0.39, 0.29) is 22.0 Å². The third-order valence-corrected chi connectivity index (χ3v) is 4.54. The molecule has 8 heteroatoms. The number of nitrogens with one attached hydrogen (secondary N) is 2. The van der Waals surface area contributed by atoms with Gasteiger partial charge in [0.1, 0.15) is 6.20 Å². The number of benzene rings is 1. The molecule has 1 heterocycles. The van der Waals surface area contributed by atoms with Gasteiger partial charge in [-0.15, -0.1) is 0 Å². The van der Waals surface area contributed by atoms with E-state index in [1.165, 1.54) is 0 Å². The molecule has 0 aliphatic rings. The number of hydrogen-bond donors (Lipinski definition) is 2. The van der Waals surface area contributed by atoms with Gasteiger partial charge in [-0.2, -0.15) is 0 Å². The van der Waals surface area contributed by atoms with E-state index < -0.39 is 4.92 Å². The molecule has 0 saturated heterocycles. The zero-order valence-electron chi connectivity index (χ0n) is 14.5. The molecule has 1 amide bonds. The van der Waals surface area contributed by atoms with E-state index in [0.29, 0.717) is 5.56 Å². The number of rotatable bonds is 8. The summed E-state index contributed by atoms with van der Waals surface area (Å²) in [5, 5.41) is 16.8. The predicted octanol–water partition coefficient (Wildman–Crippen LogP) is 4.64. The Hall–Kier alpha value is -2.48. The molecule has 0 radical (unpaired) electrons. The van der Waals surface area contributed by atoms with Crippen molar-refractivity contribution in [2.75, 3.05) is 17.2 Å². The highest BCUT2D eigenvalue weighted by molar-refractivity contribution is 7.18. The number of amides is 1. The first-order valence-electron chi connectivity index (χ1n) is 8.21. The summed E-state index contributed by atoms with van der Waals surface area (Å²) in [6.07, 6.45) is 3.34. The maximum atomic E-state index is 12.6. The van der Waals surface area contributed by atoms with Crippen LogP contribution >= 0.6 is 11.3 Å². The standard InChI is InChI=1S/C17H22N4O3S/c1-4-5-8-18-12-6-7-13(14(9-12)11(2)3)16(22)20-17-19-10-15(25-17)21(23)24/h6-7,9-11,18H,4-5,8H2,1-3H3,(H,19,20,22). The van der Waals surface area contributed by atoms with E-state index >= 15 is 0 Å². The fourth-order valence-electron chi connectivity index (χ4n) is 2.34. The quantitative estimate of drug-likeness (QED) is 0.405. The van der Waals surface area contributed by atoms with Gasteiger partial charge in [0.15, 0.2) is 5.13 Å². The van der Waals surface area contributed by atoms with Crippen LogP contribution in [0.1, 0.15) is 55.5 Å². The summed E-state index contributed by atoms with van der Waals surface area (Å²) in [5.74, 6) is -0.146.